The molecule has 7 nitrogen and oxygen atoms in total. The number of fused-ring (bicyclic) bond motifs is 1. The average molecular weight is 368 g/mol. The van der Waals surface area contributed by atoms with E-state index in [2.05, 4.69) is 4.98 Å². The molecule has 1 amide bonds. The predicted molar refractivity (Wildman–Crippen MR) is 95.0 cm³/mol. The maximum atomic E-state index is 12.8. The highest BCUT2D eigenvalue weighted by atomic mass is 16.7. The van der Waals surface area contributed by atoms with Crippen molar-refractivity contribution in [1.82, 2.24) is 9.88 Å². The first kappa shape index (κ1) is 16.4. The zero-order valence-corrected chi connectivity index (χ0v) is 14.8. The van der Waals surface area contributed by atoms with Crippen LogP contribution in [0.1, 0.15) is 16.8 Å². The Labute approximate surface area is 156 Å². The second-order valence-electron chi connectivity index (χ2n) is 7.11. The molecule has 3 aliphatic rings. The summed E-state index contributed by atoms with van der Waals surface area (Å²) in [4.78, 5) is 18.8. The molecular formula is C20H20N2O5. The standard InChI is InChI=1S/C20H20N2O5/c23-19(14-4-5-16-17(9-14)26-13-25-16)22-11-20(12-22)15(6-8-27-20)10-24-18-3-1-2-7-21-18/h1-5,7,9,15H,6,8,10-13H2. The van der Waals surface area contributed by atoms with Gasteiger partial charge in [-0.3, -0.25) is 4.79 Å². The minimum absolute atomic E-state index is 0.0150. The zero-order valence-electron chi connectivity index (χ0n) is 14.8. The van der Waals surface area contributed by atoms with Gasteiger partial charge in [0.15, 0.2) is 11.5 Å². The summed E-state index contributed by atoms with van der Waals surface area (Å²) in [5.74, 6) is 2.15. The fourth-order valence-electron chi connectivity index (χ4n) is 3.94. The number of hydrogen-bond donors (Lipinski definition) is 0. The first-order valence-corrected chi connectivity index (χ1v) is 9.10. The summed E-state index contributed by atoms with van der Waals surface area (Å²) >= 11 is 0. The molecule has 1 atom stereocenters. The fraction of sp³-hybridized carbons (Fsp3) is 0.400. The van der Waals surface area contributed by atoms with Crippen LogP contribution in [0.3, 0.4) is 0 Å². The molecule has 7 heteroatoms. The SMILES string of the molecule is O=C(c1ccc2c(c1)OCO2)N1CC2(C1)OCCC2COc1ccccn1. The fourth-order valence-corrected chi connectivity index (χ4v) is 3.94. The number of likely N-dealkylation sites (tertiary alicyclic amines) is 1. The van der Waals surface area contributed by atoms with Crippen molar-refractivity contribution < 1.29 is 23.7 Å². The summed E-state index contributed by atoms with van der Waals surface area (Å²) < 4.78 is 22.5. The largest absolute Gasteiger partial charge is 0.477 e. The van der Waals surface area contributed by atoms with E-state index in [1.165, 1.54) is 0 Å². The minimum atomic E-state index is -0.305. The van der Waals surface area contributed by atoms with E-state index in [-0.39, 0.29) is 24.2 Å². The van der Waals surface area contributed by atoms with Gasteiger partial charge in [0.25, 0.3) is 5.91 Å². The zero-order chi connectivity index (χ0) is 18.3. The Morgan fingerprint density at radius 1 is 1.22 bits per heavy atom. The predicted octanol–water partition coefficient (Wildman–Crippen LogP) is 2.12. The van der Waals surface area contributed by atoms with Gasteiger partial charge >= 0.3 is 0 Å². The number of amides is 1. The molecule has 0 bridgehead atoms. The molecule has 0 aliphatic carbocycles. The second kappa shape index (κ2) is 6.42. The Morgan fingerprint density at radius 3 is 2.96 bits per heavy atom. The van der Waals surface area contributed by atoms with Crippen LogP contribution in [-0.4, -0.2) is 54.5 Å². The Morgan fingerprint density at radius 2 is 2.11 bits per heavy atom. The van der Waals surface area contributed by atoms with Gasteiger partial charge in [0.1, 0.15) is 5.60 Å². The van der Waals surface area contributed by atoms with Crippen LogP contribution in [0, 0.1) is 5.92 Å². The number of aromatic nitrogens is 1. The van der Waals surface area contributed by atoms with Gasteiger partial charge in [-0.05, 0) is 30.7 Å². The van der Waals surface area contributed by atoms with E-state index in [4.69, 9.17) is 18.9 Å². The van der Waals surface area contributed by atoms with Crippen molar-refractivity contribution in [2.24, 2.45) is 5.92 Å². The van der Waals surface area contributed by atoms with E-state index < -0.39 is 0 Å². The maximum absolute atomic E-state index is 12.8. The summed E-state index contributed by atoms with van der Waals surface area (Å²) in [6, 6.07) is 10.9. The van der Waals surface area contributed by atoms with Crippen LogP contribution in [0.4, 0.5) is 0 Å². The summed E-state index contributed by atoms with van der Waals surface area (Å²) in [6.45, 7) is 2.60. The first-order chi connectivity index (χ1) is 13.2. The van der Waals surface area contributed by atoms with Gasteiger partial charge in [0.05, 0.1) is 19.7 Å². The van der Waals surface area contributed by atoms with Gasteiger partial charge in [0.2, 0.25) is 12.7 Å². The van der Waals surface area contributed by atoms with Crippen molar-refractivity contribution in [3.8, 4) is 17.4 Å². The molecule has 2 fully saturated rings. The maximum Gasteiger partial charge on any atom is 0.254 e. The van der Waals surface area contributed by atoms with Gasteiger partial charge in [-0.25, -0.2) is 4.98 Å². The van der Waals surface area contributed by atoms with E-state index in [1.54, 1.807) is 24.4 Å². The lowest BCUT2D eigenvalue weighted by Crippen LogP contribution is -2.66. The summed E-state index contributed by atoms with van der Waals surface area (Å²) in [5, 5.41) is 0. The van der Waals surface area contributed by atoms with Gasteiger partial charge in [-0.1, -0.05) is 6.07 Å². The number of hydrogen-bond acceptors (Lipinski definition) is 6. The summed E-state index contributed by atoms with van der Waals surface area (Å²) in [6.07, 6.45) is 2.64. The number of ether oxygens (including phenoxy) is 4. The van der Waals surface area contributed by atoms with Crippen LogP contribution >= 0.6 is 0 Å². The van der Waals surface area contributed by atoms with Gasteiger partial charge in [-0.2, -0.15) is 0 Å². The number of carbonyl (C=O) groups is 1. The number of rotatable bonds is 4. The normalized spacial score (nSPS) is 21.9. The van der Waals surface area contributed by atoms with Crippen LogP contribution in [0.5, 0.6) is 17.4 Å². The van der Waals surface area contributed by atoms with Crippen molar-refractivity contribution in [3.05, 3.63) is 48.2 Å². The van der Waals surface area contributed by atoms with Crippen molar-refractivity contribution in [3.63, 3.8) is 0 Å². The lowest BCUT2D eigenvalue weighted by Gasteiger charge is -2.50. The van der Waals surface area contributed by atoms with E-state index in [0.29, 0.717) is 49.2 Å². The molecule has 1 aromatic heterocycles. The Balaban J connectivity index is 1.22. The molecule has 0 N–H and O–H groups in total. The van der Waals surface area contributed by atoms with E-state index in [0.717, 1.165) is 6.42 Å². The minimum Gasteiger partial charge on any atom is -0.477 e. The molecule has 5 rings (SSSR count). The molecule has 1 aromatic carbocycles. The molecule has 1 unspecified atom stereocenters. The lowest BCUT2D eigenvalue weighted by atomic mass is 9.81. The molecule has 2 saturated heterocycles. The van der Waals surface area contributed by atoms with Gasteiger partial charge in [-0.15, -0.1) is 0 Å². The highest BCUT2D eigenvalue weighted by Crippen LogP contribution is 2.41. The third-order valence-corrected chi connectivity index (χ3v) is 5.49. The highest BCUT2D eigenvalue weighted by molar-refractivity contribution is 5.95. The topological polar surface area (TPSA) is 70.1 Å². The second-order valence-corrected chi connectivity index (χ2v) is 7.11. The molecule has 4 heterocycles. The molecule has 0 radical (unpaired) electrons. The Bertz CT molecular complexity index is 851. The van der Waals surface area contributed by atoms with Crippen molar-refractivity contribution in [2.75, 3.05) is 33.1 Å². The molecule has 3 aliphatic heterocycles. The quantitative estimate of drug-likeness (QED) is 0.823. The van der Waals surface area contributed by atoms with Crippen molar-refractivity contribution >= 4 is 5.91 Å². The summed E-state index contributed by atoms with van der Waals surface area (Å²) in [5.41, 5.74) is 0.300. The summed E-state index contributed by atoms with van der Waals surface area (Å²) in [7, 11) is 0. The van der Waals surface area contributed by atoms with Crippen LogP contribution < -0.4 is 14.2 Å². The number of nitrogens with zero attached hydrogens (tertiary/aromatic N) is 2. The van der Waals surface area contributed by atoms with Crippen LogP contribution in [0.2, 0.25) is 0 Å². The van der Waals surface area contributed by atoms with Gasteiger partial charge < -0.3 is 23.8 Å². The van der Waals surface area contributed by atoms with Crippen molar-refractivity contribution in [2.45, 2.75) is 12.0 Å². The molecule has 1 spiro atoms. The Hall–Kier alpha value is -2.80. The van der Waals surface area contributed by atoms with E-state index >= 15 is 0 Å². The number of benzene rings is 1. The van der Waals surface area contributed by atoms with Crippen LogP contribution in [0.15, 0.2) is 42.6 Å². The smallest absolute Gasteiger partial charge is 0.254 e. The van der Waals surface area contributed by atoms with Gasteiger partial charge in [0, 0.05) is 30.4 Å². The average Bonchev–Trinajstić information content (AvgIpc) is 3.31. The van der Waals surface area contributed by atoms with Crippen LogP contribution in [0.25, 0.3) is 0 Å². The van der Waals surface area contributed by atoms with E-state index in [1.807, 2.05) is 23.1 Å². The van der Waals surface area contributed by atoms with Crippen molar-refractivity contribution in [1.29, 1.82) is 0 Å². The molecule has 140 valence electrons. The van der Waals surface area contributed by atoms with Crippen LogP contribution in [-0.2, 0) is 4.74 Å². The molecule has 0 saturated carbocycles. The number of carbonyl (C=O) groups excluding carboxylic acids is 1. The Kier molecular flexibility index (Phi) is 3.89. The third kappa shape index (κ3) is 2.88. The third-order valence-electron chi connectivity index (χ3n) is 5.49. The lowest BCUT2D eigenvalue weighted by molar-refractivity contribution is -0.122. The molecule has 2 aromatic rings. The van der Waals surface area contributed by atoms with E-state index in [9.17, 15) is 4.79 Å². The number of pyridine rings is 1. The monoisotopic (exact) mass is 368 g/mol. The molecular weight excluding hydrogens is 348 g/mol. The molecule has 27 heavy (non-hydrogen) atoms. The highest BCUT2D eigenvalue weighted by Gasteiger charge is 2.54. The first-order valence-electron chi connectivity index (χ1n) is 9.10.